The molecule has 1 saturated heterocycles. The number of nitrogen functional groups attached to an aromatic ring is 2. The molecule has 7 N–H and O–H groups in total. The van der Waals surface area contributed by atoms with Crippen LogP contribution in [0.25, 0.3) is 11.2 Å². The Balaban J connectivity index is 1.43. The number of anilines is 2. The molecule has 1 aliphatic heterocycles. The lowest BCUT2D eigenvalue weighted by Crippen LogP contribution is -2.44. The Labute approximate surface area is 218 Å². The summed E-state index contributed by atoms with van der Waals surface area (Å²) in [5.41, 5.74) is 10.9. The van der Waals surface area contributed by atoms with E-state index in [0.717, 1.165) is 11.3 Å². The van der Waals surface area contributed by atoms with Crippen molar-refractivity contribution in [2.75, 3.05) is 18.1 Å². The summed E-state index contributed by atoms with van der Waals surface area (Å²) in [4.78, 5) is 28.9. The minimum atomic E-state index is -1.93. The second kappa shape index (κ2) is 9.81. The van der Waals surface area contributed by atoms with Crippen LogP contribution < -0.4 is 11.5 Å². The van der Waals surface area contributed by atoms with E-state index in [4.69, 9.17) is 32.5 Å². The van der Waals surface area contributed by atoms with E-state index < -0.39 is 42.7 Å². The van der Waals surface area contributed by atoms with E-state index in [-0.39, 0.29) is 39.5 Å². The topological polar surface area (TPSA) is 205 Å². The molecule has 0 radical (unpaired) electrons. The number of imidazole rings is 1. The Bertz CT molecular complexity index is 1440. The van der Waals surface area contributed by atoms with Crippen LogP contribution in [-0.2, 0) is 26.3 Å². The monoisotopic (exact) mass is 547 g/mol. The first-order valence-electron chi connectivity index (χ1n) is 11.0. The summed E-state index contributed by atoms with van der Waals surface area (Å²) in [5, 5.41) is 33.4. The maximum atomic E-state index is 12.6. The van der Waals surface area contributed by atoms with Crippen LogP contribution in [0.3, 0.4) is 0 Å². The Kier molecular flexibility index (Phi) is 6.70. The first-order chi connectivity index (χ1) is 17.7. The Morgan fingerprint density at radius 3 is 2.62 bits per heavy atom. The largest absolute Gasteiger partial charge is 0.479 e. The highest BCUT2D eigenvalue weighted by molar-refractivity contribution is 7.13. The van der Waals surface area contributed by atoms with E-state index in [9.17, 15) is 20.1 Å². The maximum Gasteiger partial charge on any atom is 0.342 e. The molecule has 0 spiro atoms. The van der Waals surface area contributed by atoms with Crippen LogP contribution in [0.1, 0.15) is 17.5 Å². The number of carbonyl (C=O) groups is 1. The number of hydrogen-bond donors (Lipinski definition) is 5. The molecule has 0 amide bonds. The van der Waals surface area contributed by atoms with Gasteiger partial charge in [0.1, 0.15) is 23.8 Å². The number of halogens is 1. The van der Waals surface area contributed by atoms with E-state index in [1.807, 2.05) is 6.07 Å². The second-order valence-corrected chi connectivity index (χ2v) is 9.65. The number of nitrogens with zero attached hydrogens (tertiary/aromatic N) is 5. The number of benzene rings is 1. The van der Waals surface area contributed by atoms with Gasteiger partial charge in [-0.25, -0.2) is 14.8 Å². The third kappa shape index (κ3) is 4.58. The molecule has 5 atom stereocenters. The highest BCUT2D eigenvalue weighted by Crippen LogP contribution is 2.36. The number of nitrogens with two attached hydrogens (primary N) is 2. The molecule has 0 unspecified atom stereocenters. The molecule has 1 aliphatic rings. The molecular weight excluding hydrogens is 526 g/mol. The molecule has 194 valence electrons. The number of aromatic nitrogens is 5. The highest BCUT2D eigenvalue weighted by Gasteiger charge is 2.49. The summed E-state index contributed by atoms with van der Waals surface area (Å²) < 4.78 is 13.3. The third-order valence-corrected chi connectivity index (χ3v) is 6.95. The van der Waals surface area contributed by atoms with Gasteiger partial charge in [-0.2, -0.15) is 9.97 Å². The average molecular weight is 548 g/mol. The number of rotatable bonds is 8. The van der Waals surface area contributed by atoms with Crippen molar-refractivity contribution in [2.24, 2.45) is 0 Å². The third-order valence-electron chi connectivity index (χ3n) is 6.10. The molecule has 0 saturated carbocycles. The Morgan fingerprint density at radius 2 is 1.95 bits per heavy atom. The molecule has 13 nitrogen and oxygen atoms in total. The fraction of sp³-hybridized carbons (Fsp3) is 0.318. The zero-order valence-electron chi connectivity index (χ0n) is 19.0. The number of aliphatic hydroxyl groups excluding tert-OH is 2. The number of hydrogen-bond acceptors (Lipinski definition) is 12. The summed E-state index contributed by atoms with van der Waals surface area (Å²) in [6, 6.07) is 8.89. The van der Waals surface area contributed by atoms with Gasteiger partial charge >= 0.3 is 5.97 Å². The van der Waals surface area contributed by atoms with Crippen molar-refractivity contribution in [3.05, 3.63) is 58.6 Å². The van der Waals surface area contributed by atoms with Gasteiger partial charge in [0.2, 0.25) is 10.9 Å². The van der Waals surface area contributed by atoms with Crippen molar-refractivity contribution in [1.29, 1.82) is 0 Å². The van der Waals surface area contributed by atoms with Crippen LogP contribution in [0.2, 0.25) is 5.28 Å². The lowest BCUT2D eigenvalue weighted by Gasteiger charge is -2.30. The number of carboxylic acid groups (broad SMARTS) is 1. The van der Waals surface area contributed by atoms with E-state index >= 15 is 0 Å². The summed E-state index contributed by atoms with van der Waals surface area (Å²) in [5.74, 6) is -1.26. The highest BCUT2D eigenvalue weighted by atomic mass is 35.5. The fourth-order valence-electron chi connectivity index (χ4n) is 4.24. The van der Waals surface area contributed by atoms with Crippen LogP contribution in [0.5, 0.6) is 0 Å². The van der Waals surface area contributed by atoms with Crippen LogP contribution in [0, 0.1) is 0 Å². The summed E-state index contributed by atoms with van der Waals surface area (Å²) in [7, 11) is 0. The van der Waals surface area contributed by atoms with Crippen molar-refractivity contribution < 1.29 is 29.6 Å². The minimum Gasteiger partial charge on any atom is -0.479 e. The smallest absolute Gasteiger partial charge is 0.342 e. The summed E-state index contributed by atoms with van der Waals surface area (Å²) in [6.45, 7) is -0.393. The Morgan fingerprint density at radius 1 is 1.19 bits per heavy atom. The summed E-state index contributed by atoms with van der Waals surface area (Å²) >= 11 is 7.00. The maximum absolute atomic E-state index is 12.6. The van der Waals surface area contributed by atoms with Gasteiger partial charge in [-0.05, 0) is 17.2 Å². The molecule has 1 fully saturated rings. The molecule has 0 aliphatic carbocycles. The van der Waals surface area contributed by atoms with Crippen LogP contribution in [-0.4, -0.2) is 70.7 Å². The van der Waals surface area contributed by atoms with E-state index in [0.29, 0.717) is 5.56 Å². The lowest BCUT2D eigenvalue weighted by atomic mass is 9.91. The lowest BCUT2D eigenvalue weighted by molar-refractivity contribution is -0.177. The van der Waals surface area contributed by atoms with Gasteiger partial charge in [-0.3, -0.25) is 4.57 Å². The molecule has 4 heterocycles. The predicted molar refractivity (Wildman–Crippen MR) is 133 cm³/mol. The molecule has 0 bridgehead atoms. The van der Waals surface area contributed by atoms with Gasteiger partial charge in [-0.15, -0.1) is 11.3 Å². The number of ether oxygens (including phenoxy) is 2. The molecule has 15 heteroatoms. The van der Waals surface area contributed by atoms with Gasteiger partial charge < -0.3 is 36.3 Å². The first-order valence-corrected chi connectivity index (χ1v) is 12.3. The number of carboxylic acids is 1. The van der Waals surface area contributed by atoms with Crippen LogP contribution in [0.15, 0.2) is 42.0 Å². The molecule has 1 aromatic carbocycles. The number of fused-ring (bicyclic) bond motifs is 1. The van der Waals surface area contributed by atoms with Crippen molar-refractivity contribution in [2.45, 2.75) is 36.6 Å². The molecule has 5 rings (SSSR count). The van der Waals surface area contributed by atoms with Crippen molar-refractivity contribution >= 4 is 51.0 Å². The van der Waals surface area contributed by atoms with Crippen LogP contribution >= 0.6 is 22.9 Å². The molecule has 4 aromatic rings. The minimum absolute atomic E-state index is 0.0383. The van der Waals surface area contributed by atoms with Gasteiger partial charge in [0.25, 0.3) is 0 Å². The van der Waals surface area contributed by atoms with E-state index in [1.165, 1.54) is 16.3 Å². The second-order valence-electron chi connectivity index (χ2n) is 8.42. The normalized spacial score (nSPS) is 23.3. The summed E-state index contributed by atoms with van der Waals surface area (Å²) in [6.07, 6.45) is -3.85. The number of thiazole rings is 1. The quantitative estimate of drug-likeness (QED) is 0.196. The molecule has 37 heavy (non-hydrogen) atoms. The van der Waals surface area contributed by atoms with Gasteiger partial charge in [0.05, 0.1) is 18.6 Å². The van der Waals surface area contributed by atoms with Crippen molar-refractivity contribution in [3.63, 3.8) is 0 Å². The fourth-order valence-corrected chi connectivity index (χ4v) is 5.03. The standard InChI is InChI=1S/C22H22ClN7O6S/c23-20-28-16(24)13-17(29-20)30(9-26-13)18-15(32)14(31)11(36-18)7-35-22(19(33)34,12-8-37-21(25)27-12)6-10-4-2-1-3-5-10/h1-5,8-9,11,14-15,18,31-32H,6-7H2,(H2,25,27)(H,33,34)(H2,24,28,29)/t11-,14-,15-,18-,22-/m1/s1. The zero-order valence-corrected chi connectivity index (χ0v) is 20.6. The SMILES string of the molecule is Nc1nc([C@@](Cc2ccccc2)(OC[C@H]2O[C@@H](n3cnc4c(N)nc(Cl)nc43)[C@H](O)[C@@H]2O)C(=O)O)cs1. The predicted octanol–water partition coefficient (Wildman–Crippen LogP) is 0.959. The number of aliphatic hydroxyl groups is 2. The van der Waals surface area contributed by atoms with Gasteiger partial charge in [0.15, 0.2) is 22.8 Å². The number of aliphatic carboxylic acids is 1. The Hall–Kier alpha value is -3.40. The molecular formula is C22H22ClN7O6S. The van der Waals surface area contributed by atoms with E-state index in [2.05, 4.69) is 19.9 Å². The zero-order chi connectivity index (χ0) is 26.3. The van der Waals surface area contributed by atoms with Crippen molar-refractivity contribution in [3.8, 4) is 0 Å². The first kappa shape index (κ1) is 25.3. The van der Waals surface area contributed by atoms with E-state index in [1.54, 1.807) is 24.3 Å². The van der Waals surface area contributed by atoms with Gasteiger partial charge in [-0.1, -0.05) is 30.3 Å². The average Bonchev–Trinajstić information content (AvgIpc) is 3.56. The van der Waals surface area contributed by atoms with Crippen molar-refractivity contribution in [1.82, 2.24) is 24.5 Å². The molecule has 3 aromatic heterocycles. The van der Waals surface area contributed by atoms with Crippen LogP contribution in [0.4, 0.5) is 10.9 Å². The van der Waals surface area contributed by atoms with Gasteiger partial charge in [0, 0.05) is 11.8 Å².